The van der Waals surface area contributed by atoms with Crippen LogP contribution in [0.1, 0.15) is 19.8 Å². The largest absolute Gasteiger partial charge is 0.379 e. The van der Waals surface area contributed by atoms with Crippen molar-refractivity contribution >= 4 is 6.29 Å². The van der Waals surface area contributed by atoms with Gasteiger partial charge in [-0.05, 0) is 26.4 Å². The van der Waals surface area contributed by atoms with Crippen molar-refractivity contribution in [1.82, 2.24) is 4.90 Å². The van der Waals surface area contributed by atoms with Gasteiger partial charge in [0.2, 0.25) is 0 Å². The summed E-state index contributed by atoms with van der Waals surface area (Å²) in [4.78, 5) is 13.0. The fourth-order valence-corrected chi connectivity index (χ4v) is 2.15. The predicted octanol–water partition coefficient (Wildman–Crippen LogP) is 0.931. The standard InChI is InChI=1S/C10H19NO2/c1-8(7-12)10(13-3)9-5-4-6-11(9)2/h7-10H,4-6H2,1-3H3/t8-,9-,10+/m1/s1. The van der Waals surface area contributed by atoms with Gasteiger partial charge in [-0.1, -0.05) is 6.92 Å². The number of carbonyl (C=O) groups is 1. The average molecular weight is 185 g/mol. The van der Waals surface area contributed by atoms with E-state index in [2.05, 4.69) is 11.9 Å². The van der Waals surface area contributed by atoms with Gasteiger partial charge in [-0.25, -0.2) is 0 Å². The Labute approximate surface area is 80.1 Å². The maximum atomic E-state index is 10.7. The molecule has 76 valence electrons. The number of likely N-dealkylation sites (N-methyl/N-ethyl adjacent to an activating group) is 1. The molecule has 1 aliphatic rings. The third kappa shape index (κ3) is 2.29. The fourth-order valence-electron chi connectivity index (χ4n) is 2.15. The van der Waals surface area contributed by atoms with E-state index >= 15 is 0 Å². The second kappa shape index (κ2) is 4.72. The highest BCUT2D eigenvalue weighted by molar-refractivity contribution is 5.54. The number of carbonyl (C=O) groups excluding carboxylic acids is 1. The molecular weight excluding hydrogens is 166 g/mol. The predicted molar refractivity (Wildman–Crippen MR) is 51.7 cm³/mol. The number of aldehydes is 1. The average Bonchev–Trinajstić information content (AvgIpc) is 2.53. The minimum absolute atomic E-state index is 0.00412. The van der Waals surface area contributed by atoms with E-state index < -0.39 is 0 Å². The van der Waals surface area contributed by atoms with Crippen molar-refractivity contribution < 1.29 is 9.53 Å². The van der Waals surface area contributed by atoms with Gasteiger partial charge < -0.3 is 14.4 Å². The third-order valence-electron chi connectivity index (χ3n) is 2.96. The summed E-state index contributed by atoms with van der Waals surface area (Å²) >= 11 is 0. The molecule has 0 aromatic rings. The number of methoxy groups -OCH3 is 1. The molecule has 0 radical (unpaired) electrons. The van der Waals surface area contributed by atoms with Crippen molar-refractivity contribution in [2.45, 2.75) is 31.9 Å². The van der Waals surface area contributed by atoms with Crippen molar-refractivity contribution in [2.75, 3.05) is 20.7 Å². The summed E-state index contributed by atoms with van der Waals surface area (Å²) in [5.74, 6) is -0.00412. The Kier molecular flexibility index (Phi) is 3.88. The van der Waals surface area contributed by atoms with Crippen LogP contribution in [0.2, 0.25) is 0 Å². The Bertz CT molecular complexity index is 172. The van der Waals surface area contributed by atoms with Crippen LogP contribution in [0.25, 0.3) is 0 Å². The summed E-state index contributed by atoms with van der Waals surface area (Å²) < 4.78 is 5.38. The van der Waals surface area contributed by atoms with Crippen LogP contribution in [0.4, 0.5) is 0 Å². The van der Waals surface area contributed by atoms with Gasteiger partial charge in [0.05, 0.1) is 6.10 Å². The molecule has 1 fully saturated rings. The lowest BCUT2D eigenvalue weighted by Crippen LogP contribution is -2.41. The molecule has 0 spiro atoms. The molecule has 0 bridgehead atoms. The topological polar surface area (TPSA) is 29.5 Å². The molecule has 0 aliphatic carbocycles. The number of likely N-dealkylation sites (tertiary alicyclic amines) is 1. The van der Waals surface area contributed by atoms with Crippen molar-refractivity contribution in [2.24, 2.45) is 5.92 Å². The van der Waals surface area contributed by atoms with Gasteiger partial charge in [0.15, 0.2) is 0 Å². The van der Waals surface area contributed by atoms with E-state index in [1.165, 1.54) is 6.42 Å². The highest BCUT2D eigenvalue weighted by atomic mass is 16.5. The summed E-state index contributed by atoms with van der Waals surface area (Å²) in [5, 5.41) is 0. The van der Waals surface area contributed by atoms with Gasteiger partial charge in [-0.2, -0.15) is 0 Å². The van der Waals surface area contributed by atoms with Crippen molar-refractivity contribution in [3.8, 4) is 0 Å². The SMILES string of the molecule is CO[C@@H]([C@H](C)C=O)[C@H]1CCCN1C. The van der Waals surface area contributed by atoms with E-state index in [1.54, 1.807) is 7.11 Å². The van der Waals surface area contributed by atoms with Crippen LogP contribution < -0.4 is 0 Å². The van der Waals surface area contributed by atoms with E-state index in [0.29, 0.717) is 6.04 Å². The molecule has 1 saturated heterocycles. The monoisotopic (exact) mass is 185 g/mol. The first-order valence-corrected chi connectivity index (χ1v) is 4.89. The Morgan fingerprint density at radius 3 is 2.69 bits per heavy atom. The molecule has 13 heavy (non-hydrogen) atoms. The third-order valence-corrected chi connectivity index (χ3v) is 2.96. The summed E-state index contributed by atoms with van der Waals surface area (Å²) in [7, 11) is 3.79. The second-order valence-corrected chi connectivity index (χ2v) is 3.89. The maximum absolute atomic E-state index is 10.7. The van der Waals surface area contributed by atoms with Crippen LogP contribution in [0, 0.1) is 5.92 Å². The second-order valence-electron chi connectivity index (χ2n) is 3.89. The lowest BCUT2D eigenvalue weighted by Gasteiger charge is -2.29. The number of hydrogen-bond acceptors (Lipinski definition) is 3. The molecule has 0 aromatic heterocycles. The van der Waals surface area contributed by atoms with Gasteiger partial charge in [0.25, 0.3) is 0 Å². The van der Waals surface area contributed by atoms with Crippen molar-refractivity contribution in [3.05, 3.63) is 0 Å². The van der Waals surface area contributed by atoms with Crippen LogP contribution in [-0.4, -0.2) is 44.0 Å². The fraction of sp³-hybridized carbons (Fsp3) is 0.900. The van der Waals surface area contributed by atoms with Crippen LogP contribution in [0.3, 0.4) is 0 Å². The van der Waals surface area contributed by atoms with Crippen molar-refractivity contribution in [1.29, 1.82) is 0 Å². The van der Waals surface area contributed by atoms with Gasteiger partial charge >= 0.3 is 0 Å². The normalized spacial score (nSPS) is 28.7. The Balaban J connectivity index is 2.59. The molecule has 3 nitrogen and oxygen atoms in total. The Hall–Kier alpha value is -0.410. The van der Waals surface area contributed by atoms with Gasteiger partial charge in [-0.3, -0.25) is 0 Å². The molecule has 0 N–H and O–H groups in total. The Morgan fingerprint density at radius 2 is 2.31 bits per heavy atom. The molecule has 1 heterocycles. The minimum atomic E-state index is -0.00412. The molecule has 0 amide bonds. The summed E-state index contributed by atoms with van der Waals surface area (Å²) in [6, 6.07) is 0.421. The molecule has 1 aliphatic heterocycles. The van der Waals surface area contributed by atoms with Gasteiger partial charge in [0, 0.05) is 19.1 Å². The molecular formula is C10H19NO2. The molecule has 0 unspecified atom stereocenters. The van der Waals surface area contributed by atoms with E-state index in [9.17, 15) is 4.79 Å². The lowest BCUT2D eigenvalue weighted by molar-refractivity contribution is -0.116. The zero-order valence-corrected chi connectivity index (χ0v) is 8.69. The minimum Gasteiger partial charge on any atom is -0.379 e. The molecule has 3 atom stereocenters. The number of hydrogen-bond donors (Lipinski definition) is 0. The first-order valence-electron chi connectivity index (χ1n) is 4.89. The van der Waals surface area contributed by atoms with E-state index in [0.717, 1.165) is 19.3 Å². The maximum Gasteiger partial charge on any atom is 0.125 e. The molecule has 1 rings (SSSR count). The molecule has 0 saturated carbocycles. The highest BCUT2D eigenvalue weighted by Crippen LogP contribution is 2.23. The van der Waals surface area contributed by atoms with E-state index in [-0.39, 0.29) is 12.0 Å². The summed E-state index contributed by atoms with van der Waals surface area (Å²) in [6.45, 7) is 3.05. The summed E-state index contributed by atoms with van der Waals surface area (Å²) in [5.41, 5.74) is 0. The lowest BCUT2D eigenvalue weighted by atomic mass is 9.97. The zero-order valence-electron chi connectivity index (χ0n) is 8.69. The first kappa shape index (κ1) is 10.7. The highest BCUT2D eigenvalue weighted by Gasteiger charge is 2.32. The van der Waals surface area contributed by atoms with Crippen LogP contribution >= 0.6 is 0 Å². The van der Waals surface area contributed by atoms with Crippen LogP contribution in [0.15, 0.2) is 0 Å². The smallest absolute Gasteiger partial charge is 0.125 e. The molecule has 3 heteroatoms. The van der Waals surface area contributed by atoms with E-state index in [4.69, 9.17) is 4.74 Å². The van der Waals surface area contributed by atoms with Crippen molar-refractivity contribution in [3.63, 3.8) is 0 Å². The van der Waals surface area contributed by atoms with Crippen LogP contribution in [-0.2, 0) is 9.53 Å². The zero-order chi connectivity index (χ0) is 9.84. The van der Waals surface area contributed by atoms with Gasteiger partial charge in [0.1, 0.15) is 6.29 Å². The number of nitrogens with zero attached hydrogens (tertiary/aromatic N) is 1. The molecule has 0 aromatic carbocycles. The first-order chi connectivity index (χ1) is 6.20. The Morgan fingerprint density at radius 1 is 1.62 bits per heavy atom. The number of ether oxygens (including phenoxy) is 1. The number of rotatable bonds is 4. The quantitative estimate of drug-likeness (QED) is 0.610. The van der Waals surface area contributed by atoms with E-state index in [1.807, 2.05) is 6.92 Å². The van der Waals surface area contributed by atoms with Gasteiger partial charge in [-0.15, -0.1) is 0 Å². The summed E-state index contributed by atoms with van der Waals surface area (Å²) in [6.07, 6.45) is 3.41. The van der Waals surface area contributed by atoms with Crippen LogP contribution in [0.5, 0.6) is 0 Å².